The highest BCUT2D eigenvalue weighted by Crippen LogP contribution is 2.32. The number of hydrogen-bond acceptors (Lipinski definition) is 2. The molecule has 72 valence electrons. The minimum absolute atomic E-state index is 0.610. The minimum Gasteiger partial charge on any atom is -0.230 e. The van der Waals surface area contributed by atoms with Gasteiger partial charge in [0, 0.05) is 0 Å². The highest BCUT2D eigenvalue weighted by atomic mass is 35.5. The summed E-state index contributed by atoms with van der Waals surface area (Å²) in [6.07, 6.45) is 0. The third-order valence-corrected chi connectivity index (χ3v) is 3.36. The first kappa shape index (κ1) is 9.69. The van der Waals surface area contributed by atoms with E-state index in [0.717, 1.165) is 5.69 Å². The normalized spacial score (nSPS) is 10.5. The fourth-order valence-electron chi connectivity index (χ4n) is 1.42. The standard InChI is InChI=1S/C11H10ClNS/c1-7-4-3-5-9(6-7)10-8(2)13-11(12)14-10/h3-6H,1-2H3. The summed E-state index contributed by atoms with van der Waals surface area (Å²) in [6.45, 7) is 4.07. The van der Waals surface area contributed by atoms with Crippen LogP contribution in [0.3, 0.4) is 0 Å². The molecule has 0 aliphatic rings. The van der Waals surface area contributed by atoms with Crippen molar-refractivity contribution in [2.24, 2.45) is 0 Å². The molecule has 0 spiro atoms. The van der Waals surface area contributed by atoms with Gasteiger partial charge in [-0.05, 0) is 19.4 Å². The Morgan fingerprint density at radius 3 is 2.64 bits per heavy atom. The van der Waals surface area contributed by atoms with Crippen LogP contribution >= 0.6 is 22.9 Å². The monoisotopic (exact) mass is 223 g/mol. The molecule has 0 saturated heterocycles. The van der Waals surface area contributed by atoms with Gasteiger partial charge < -0.3 is 0 Å². The van der Waals surface area contributed by atoms with Crippen LogP contribution in [0.4, 0.5) is 0 Å². The molecule has 0 atom stereocenters. The SMILES string of the molecule is Cc1cccc(-c2sc(Cl)nc2C)c1. The van der Waals surface area contributed by atoms with Crippen LogP contribution in [0.1, 0.15) is 11.3 Å². The van der Waals surface area contributed by atoms with Crippen molar-refractivity contribution in [3.05, 3.63) is 40.0 Å². The van der Waals surface area contributed by atoms with Crippen LogP contribution in [0.25, 0.3) is 10.4 Å². The molecule has 0 amide bonds. The summed E-state index contributed by atoms with van der Waals surface area (Å²) in [7, 11) is 0. The number of nitrogens with zero attached hydrogens (tertiary/aromatic N) is 1. The number of hydrogen-bond donors (Lipinski definition) is 0. The summed E-state index contributed by atoms with van der Waals surface area (Å²) in [6, 6.07) is 8.37. The van der Waals surface area contributed by atoms with Gasteiger partial charge in [-0.25, -0.2) is 4.98 Å². The lowest BCUT2D eigenvalue weighted by molar-refractivity contribution is 1.27. The zero-order chi connectivity index (χ0) is 10.1. The molecule has 1 heterocycles. The third kappa shape index (κ3) is 1.81. The second-order valence-corrected chi connectivity index (χ2v) is 4.83. The van der Waals surface area contributed by atoms with Crippen LogP contribution in [0.2, 0.25) is 4.47 Å². The van der Waals surface area contributed by atoms with E-state index < -0.39 is 0 Å². The van der Waals surface area contributed by atoms with Gasteiger partial charge in [0.2, 0.25) is 0 Å². The van der Waals surface area contributed by atoms with Crippen molar-refractivity contribution >= 4 is 22.9 Å². The van der Waals surface area contributed by atoms with E-state index in [1.54, 1.807) is 0 Å². The summed E-state index contributed by atoms with van der Waals surface area (Å²) in [5.41, 5.74) is 3.46. The molecule has 0 bridgehead atoms. The Hall–Kier alpha value is -0.860. The quantitative estimate of drug-likeness (QED) is 0.710. The molecule has 0 N–H and O–H groups in total. The molecule has 14 heavy (non-hydrogen) atoms. The van der Waals surface area contributed by atoms with E-state index in [1.165, 1.54) is 27.3 Å². The molecule has 1 aromatic heterocycles. The van der Waals surface area contributed by atoms with Gasteiger partial charge in [-0.15, -0.1) is 11.3 Å². The highest BCUT2D eigenvalue weighted by molar-refractivity contribution is 7.19. The number of benzene rings is 1. The van der Waals surface area contributed by atoms with E-state index in [0.29, 0.717) is 4.47 Å². The van der Waals surface area contributed by atoms with Crippen LogP contribution in [0.5, 0.6) is 0 Å². The van der Waals surface area contributed by atoms with E-state index in [2.05, 4.69) is 36.2 Å². The maximum atomic E-state index is 5.86. The average Bonchev–Trinajstić information content (AvgIpc) is 2.45. The number of rotatable bonds is 1. The number of aromatic nitrogens is 1. The first-order valence-corrected chi connectivity index (χ1v) is 5.56. The van der Waals surface area contributed by atoms with Crippen LogP contribution in [0.15, 0.2) is 24.3 Å². The van der Waals surface area contributed by atoms with Gasteiger partial charge in [0.15, 0.2) is 4.47 Å². The minimum atomic E-state index is 0.610. The molecular weight excluding hydrogens is 214 g/mol. The van der Waals surface area contributed by atoms with Gasteiger partial charge in [0.1, 0.15) is 0 Å². The van der Waals surface area contributed by atoms with Crippen molar-refractivity contribution in [2.45, 2.75) is 13.8 Å². The maximum absolute atomic E-state index is 5.86. The van der Waals surface area contributed by atoms with Gasteiger partial charge in [-0.3, -0.25) is 0 Å². The Kier molecular flexibility index (Phi) is 2.57. The van der Waals surface area contributed by atoms with Gasteiger partial charge >= 0.3 is 0 Å². The van der Waals surface area contributed by atoms with Gasteiger partial charge in [-0.2, -0.15) is 0 Å². The second-order valence-electron chi connectivity index (χ2n) is 3.25. The Labute approximate surface area is 92.4 Å². The predicted octanol–water partition coefficient (Wildman–Crippen LogP) is 4.08. The predicted molar refractivity (Wildman–Crippen MR) is 62.0 cm³/mol. The Morgan fingerprint density at radius 2 is 2.07 bits per heavy atom. The number of thiazole rings is 1. The summed E-state index contributed by atoms with van der Waals surface area (Å²) in [4.78, 5) is 5.37. The fourth-order valence-corrected chi connectivity index (χ4v) is 2.57. The molecule has 0 radical (unpaired) electrons. The van der Waals surface area contributed by atoms with Gasteiger partial charge in [0.25, 0.3) is 0 Å². The highest BCUT2D eigenvalue weighted by Gasteiger charge is 2.07. The first-order valence-electron chi connectivity index (χ1n) is 4.37. The van der Waals surface area contributed by atoms with E-state index in [4.69, 9.17) is 11.6 Å². The van der Waals surface area contributed by atoms with Crippen molar-refractivity contribution in [1.82, 2.24) is 4.98 Å². The molecular formula is C11H10ClNS. The van der Waals surface area contributed by atoms with Crippen molar-refractivity contribution in [2.75, 3.05) is 0 Å². The van der Waals surface area contributed by atoms with Crippen LogP contribution in [0, 0.1) is 13.8 Å². The van der Waals surface area contributed by atoms with E-state index in [-0.39, 0.29) is 0 Å². The van der Waals surface area contributed by atoms with E-state index >= 15 is 0 Å². The van der Waals surface area contributed by atoms with Crippen molar-refractivity contribution in [1.29, 1.82) is 0 Å². The lowest BCUT2D eigenvalue weighted by atomic mass is 10.1. The lowest BCUT2D eigenvalue weighted by Gasteiger charge is -1.99. The molecule has 1 nitrogen and oxygen atoms in total. The van der Waals surface area contributed by atoms with E-state index in [9.17, 15) is 0 Å². The van der Waals surface area contributed by atoms with Crippen LogP contribution in [-0.2, 0) is 0 Å². The Balaban J connectivity index is 2.54. The largest absolute Gasteiger partial charge is 0.230 e. The Morgan fingerprint density at radius 1 is 1.29 bits per heavy atom. The molecule has 0 aliphatic heterocycles. The molecule has 2 aromatic rings. The maximum Gasteiger partial charge on any atom is 0.184 e. The van der Waals surface area contributed by atoms with Gasteiger partial charge in [-0.1, -0.05) is 41.4 Å². The summed E-state index contributed by atoms with van der Waals surface area (Å²) in [5.74, 6) is 0. The summed E-state index contributed by atoms with van der Waals surface area (Å²) < 4.78 is 0.610. The molecule has 3 heteroatoms. The van der Waals surface area contributed by atoms with E-state index in [1.807, 2.05) is 6.92 Å². The molecule has 0 fully saturated rings. The fraction of sp³-hybridized carbons (Fsp3) is 0.182. The lowest BCUT2D eigenvalue weighted by Crippen LogP contribution is -1.78. The number of aryl methyl sites for hydroxylation is 2. The Bertz CT molecular complexity index is 462. The smallest absolute Gasteiger partial charge is 0.184 e. The topological polar surface area (TPSA) is 12.9 Å². The summed E-state index contributed by atoms with van der Waals surface area (Å²) >= 11 is 7.39. The molecule has 2 rings (SSSR count). The first-order chi connectivity index (χ1) is 6.66. The van der Waals surface area contributed by atoms with Crippen LogP contribution in [-0.4, -0.2) is 4.98 Å². The zero-order valence-corrected chi connectivity index (χ0v) is 9.62. The molecule has 1 aromatic carbocycles. The van der Waals surface area contributed by atoms with Crippen molar-refractivity contribution in [3.8, 4) is 10.4 Å². The second kappa shape index (κ2) is 3.71. The third-order valence-electron chi connectivity index (χ3n) is 2.05. The van der Waals surface area contributed by atoms with Gasteiger partial charge in [0.05, 0.1) is 10.6 Å². The molecule has 0 saturated carbocycles. The van der Waals surface area contributed by atoms with Crippen LogP contribution < -0.4 is 0 Å². The van der Waals surface area contributed by atoms with Crippen molar-refractivity contribution < 1.29 is 0 Å². The van der Waals surface area contributed by atoms with Crippen molar-refractivity contribution in [3.63, 3.8) is 0 Å². The molecule has 0 aliphatic carbocycles. The summed E-state index contributed by atoms with van der Waals surface area (Å²) in [5, 5.41) is 0. The number of halogens is 1. The zero-order valence-electron chi connectivity index (χ0n) is 8.04. The molecule has 0 unspecified atom stereocenters. The average molecular weight is 224 g/mol.